The van der Waals surface area contributed by atoms with E-state index >= 15 is 0 Å². The number of halogens is 3. The first-order valence-electron chi connectivity index (χ1n) is 9.65. The number of ether oxygens (including phenoxy) is 1. The SMILES string of the molecule is CCOc1ccc(-c2ccc(=O)n(Cc3nc(-c4ccc(C(F)(F)F)cc4)no3)n2)cc1. The monoisotopic (exact) mass is 442 g/mol. The van der Waals surface area contributed by atoms with Gasteiger partial charge in [-0.3, -0.25) is 4.79 Å². The van der Waals surface area contributed by atoms with Gasteiger partial charge in [-0.15, -0.1) is 0 Å². The number of rotatable bonds is 6. The van der Waals surface area contributed by atoms with Crippen LogP contribution in [0, 0.1) is 0 Å². The molecule has 32 heavy (non-hydrogen) atoms. The zero-order chi connectivity index (χ0) is 22.7. The van der Waals surface area contributed by atoms with E-state index in [1.54, 1.807) is 6.07 Å². The third-order valence-corrected chi connectivity index (χ3v) is 4.55. The minimum Gasteiger partial charge on any atom is -0.494 e. The summed E-state index contributed by atoms with van der Waals surface area (Å²) in [4.78, 5) is 16.4. The Bertz CT molecular complexity index is 1260. The number of nitrogens with zero attached hydrogens (tertiary/aromatic N) is 4. The molecular weight excluding hydrogens is 425 g/mol. The first-order chi connectivity index (χ1) is 15.3. The van der Waals surface area contributed by atoms with Gasteiger partial charge in [-0.1, -0.05) is 17.3 Å². The van der Waals surface area contributed by atoms with E-state index < -0.39 is 11.7 Å². The number of hydrogen-bond donors (Lipinski definition) is 0. The summed E-state index contributed by atoms with van der Waals surface area (Å²) in [6.07, 6.45) is -4.43. The van der Waals surface area contributed by atoms with Crippen molar-refractivity contribution in [1.29, 1.82) is 0 Å². The van der Waals surface area contributed by atoms with Crippen molar-refractivity contribution in [2.24, 2.45) is 0 Å². The van der Waals surface area contributed by atoms with Crippen LogP contribution in [0.25, 0.3) is 22.6 Å². The molecule has 10 heteroatoms. The number of alkyl halides is 3. The molecule has 7 nitrogen and oxygen atoms in total. The lowest BCUT2D eigenvalue weighted by molar-refractivity contribution is -0.137. The van der Waals surface area contributed by atoms with Crippen molar-refractivity contribution < 1.29 is 22.4 Å². The maximum absolute atomic E-state index is 12.7. The molecule has 0 saturated carbocycles. The molecule has 4 aromatic rings. The highest BCUT2D eigenvalue weighted by molar-refractivity contribution is 5.59. The summed E-state index contributed by atoms with van der Waals surface area (Å²) in [6, 6.07) is 14.7. The van der Waals surface area contributed by atoms with Crippen LogP contribution in [0.1, 0.15) is 18.4 Å². The molecule has 2 aromatic heterocycles. The van der Waals surface area contributed by atoms with Crippen molar-refractivity contribution in [3.63, 3.8) is 0 Å². The van der Waals surface area contributed by atoms with Crippen LogP contribution < -0.4 is 10.3 Å². The van der Waals surface area contributed by atoms with Crippen molar-refractivity contribution in [2.45, 2.75) is 19.6 Å². The highest BCUT2D eigenvalue weighted by Crippen LogP contribution is 2.30. The summed E-state index contributed by atoms with van der Waals surface area (Å²) in [5, 5.41) is 8.13. The molecule has 0 bridgehead atoms. The Hall–Kier alpha value is -3.95. The maximum atomic E-state index is 12.7. The van der Waals surface area contributed by atoms with Crippen LogP contribution in [-0.2, 0) is 12.7 Å². The van der Waals surface area contributed by atoms with Gasteiger partial charge in [-0.25, -0.2) is 4.68 Å². The van der Waals surface area contributed by atoms with Crippen LogP contribution in [0.15, 0.2) is 70.0 Å². The molecule has 0 saturated heterocycles. The molecule has 0 atom stereocenters. The minimum atomic E-state index is -4.43. The van der Waals surface area contributed by atoms with E-state index in [1.807, 2.05) is 31.2 Å². The van der Waals surface area contributed by atoms with Gasteiger partial charge < -0.3 is 9.26 Å². The van der Waals surface area contributed by atoms with Crippen molar-refractivity contribution in [1.82, 2.24) is 19.9 Å². The molecule has 0 aliphatic rings. The largest absolute Gasteiger partial charge is 0.494 e. The predicted molar refractivity (Wildman–Crippen MR) is 109 cm³/mol. The Morgan fingerprint density at radius 2 is 1.66 bits per heavy atom. The third kappa shape index (κ3) is 4.69. The van der Waals surface area contributed by atoms with E-state index in [0.717, 1.165) is 23.4 Å². The number of benzene rings is 2. The van der Waals surface area contributed by atoms with E-state index in [-0.39, 0.29) is 23.8 Å². The van der Waals surface area contributed by atoms with Gasteiger partial charge in [0.05, 0.1) is 17.9 Å². The molecule has 4 rings (SSSR count). The van der Waals surface area contributed by atoms with Crippen LogP contribution in [-0.4, -0.2) is 26.5 Å². The summed E-state index contributed by atoms with van der Waals surface area (Å²) in [6.45, 7) is 2.37. The average Bonchev–Trinajstić information content (AvgIpc) is 3.24. The standard InChI is InChI=1S/C22H17F3N4O3/c1-2-31-17-9-5-14(6-10-17)18-11-12-20(30)29(27-18)13-19-26-21(28-32-19)15-3-7-16(8-4-15)22(23,24)25/h3-12H,2,13H2,1H3. The Labute approximate surface area is 180 Å². The molecule has 0 aliphatic heterocycles. The summed E-state index contributed by atoms with van der Waals surface area (Å²) in [5.74, 6) is 0.939. The second-order valence-corrected chi connectivity index (χ2v) is 6.76. The molecule has 0 radical (unpaired) electrons. The molecule has 0 unspecified atom stereocenters. The van der Waals surface area contributed by atoms with Gasteiger partial charge in [0, 0.05) is 17.2 Å². The van der Waals surface area contributed by atoms with Gasteiger partial charge in [0.1, 0.15) is 12.3 Å². The Kier molecular flexibility index (Phi) is 5.76. The maximum Gasteiger partial charge on any atom is 0.416 e. The molecule has 0 amide bonds. The van der Waals surface area contributed by atoms with E-state index in [9.17, 15) is 18.0 Å². The van der Waals surface area contributed by atoms with Crippen molar-refractivity contribution in [2.75, 3.05) is 6.61 Å². The summed E-state index contributed by atoms with van der Waals surface area (Å²) in [7, 11) is 0. The summed E-state index contributed by atoms with van der Waals surface area (Å²) < 4.78 is 49.9. The van der Waals surface area contributed by atoms with E-state index in [4.69, 9.17) is 9.26 Å². The minimum absolute atomic E-state index is 0.0860. The molecule has 0 aliphatic carbocycles. The molecular formula is C22H17F3N4O3. The second kappa shape index (κ2) is 8.66. The highest BCUT2D eigenvalue weighted by Gasteiger charge is 2.30. The lowest BCUT2D eigenvalue weighted by atomic mass is 10.1. The van der Waals surface area contributed by atoms with Crippen molar-refractivity contribution in [3.8, 4) is 28.4 Å². The van der Waals surface area contributed by atoms with Gasteiger partial charge in [0.2, 0.25) is 11.7 Å². The van der Waals surface area contributed by atoms with E-state index in [1.165, 1.54) is 22.9 Å². The van der Waals surface area contributed by atoms with Gasteiger partial charge >= 0.3 is 6.18 Å². The molecule has 164 valence electrons. The summed E-state index contributed by atoms with van der Waals surface area (Å²) >= 11 is 0. The zero-order valence-corrected chi connectivity index (χ0v) is 16.8. The van der Waals surface area contributed by atoms with Gasteiger partial charge in [0.15, 0.2) is 0 Å². The topological polar surface area (TPSA) is 83.0 Å². The fourth-order valence-corrected chi connectivity index (χ4v) is 2.98. The van der Waals surface area contributed by atoms with Crippen LogP contribution in [0.2, 0.25) is 0 Å². The number of aromatic nitrogens is 4. The second-order valence-electron chi connectivity index (χ2n) is 6.76. The quantitative estimate of drug-likeness (QED) is 0.440. The lowest BCUT2D eigenvalue weighted by Crippen LogP contribution is -2.23. The normalized spacial score (nSPS) is 11.5. The van der Waals surface area contributed by atoms with Crippen LogP contribution in [0.3, 0.4) is 0 Å². The Morgan fingerprint density at radius 1 is 0.969 bits per heavy atom. The van der Waals surface area contributed by atoms with Crippen LogP contribution in [0.5, 0.6) is 5.75 Å². The molecule has 2 aromatic carbocycles. The first-order valence-corrected chi connectivity index (χ1v) is 9.65. The molecule has 0 fully saturated rings. The zero-order valence-electron chi connectivity index (χ0n) is 16.8. The van der Waals surface area contributed by atoms with Gasteiger partial charge in [-0.05, 0) is 49.4 Å². The first kappa shape index (κ1) is 21.3. The molecule has 0 N–H and O–H groups in total. The lowest BCUT2D eigenvalue weighted by Gasteiger charge is -2.07. The van der Waals surface area contributed by atoms with E-state index in [2.05, 4.69) is 15.2 Å². The van der Waals surface area contributed by atoms with Crippen LogP contribution in [0.4, 0.5) is 13.2 Å². The van der Waals surface area contributed by atoms with Crippen molar-refractivity contribution in [3.05, 3.63) is 82.5 Å². The Morgan fingerprint density at radius 3 is 2.31 bits per heavy atom. The highest BCUT2D eigenvalue weighted by atomic mass is 19.4. The number of hydrogen-bond acceptors (Lipinski definition) is 6. The molecule has 2 heterocycles. The fraction of sp³-hybridized carbons (Fsp3) is 0.182. The summed E-state index contributed by atoms with van der Waals surface area (Å²) in [5.41, 5.74) is 0.575. The van der Waals surface area contributed by atoms with Gasteiger partial charge in [-0.2, -0.15) is 23.3 Å². The average molecular weight is 442 g/mol. The van der Waals surface area contributed by atoms with Crippen LogP contribution >= 0.6 is 0 Å². The molecule has 0 spiro atoms. The fourth-order valence-electron chi connectivity index (χ4n) is 2.98. The third-order valence-electron chi connectivity index (χ3n) is 4.55. The van der Waals surface area contributed by atoms with E-state index in [0.29, 0.717) is 17.9 Å². The predicted octanol–water partition coefficient (Wildman–Crippen LogP) is 4.43. The van der Waals surface area contributed by atoms with Crippen molar-refractivity contribution >= 4 is 0 Å². The Balaban J connectivity index is 1.54. The van der Waals surface area contributed by atoms with Gasteiger partial charge in [0.25, 0.3) is 5.56 Å². The smallest absolute Gasteiger partial charge is 0.416 e.